The topological polar surface area (TPSA) is 23.6 Å². The summed E-state index contributed by atoms with van der Waals surface area (Å²) in [5, 5.41) is 0. The Labute approximate surface area is 103 Å². The van der Waals surface area contributed by atoms with Gasteiger partial charge in [0.05, 0.1) is 0 Å². The Kier molecular flexibility index (Phi) is 4.02. The third-order valence-electron chi connectivity index (χ3n) is 3.22. The summed E-state index contributed by atoms with van der Waals surface area (Å²) in [7, 11) is 0. The van der Waals surface area contributed by atoms with E-state index in [-0.39, 0.29) is 0 Å². The second-order valence-corrected chi connectivity index (χ2v) is 4.45. The predicted molar refractivity (Wildman–Crippen MR) is 70.1 cm³/mol. The van der Waals surface area contributed by atoms with Gasteiger partial charge in [-0.2, -0.15) is 0 Å². The molecule has 0 radical (unpaired) electrons. The van der Waals surface area contributed by atoms with Gasteiger partial charge in [-0.05, 0) is 18.6 Å². The van der Waals surface area contributed by atoms with Crippen molar-refractivity contribution in [1.82, 2.24) is 4.90 Å². The Balaban J connectivity index is 1.88. The lowest BCUT2D eigenvalue weighted by Gasteiger charge is -2.36. The lowest BCUT2D eigenvalue weighted by Crippen LogP contribution is -2.48. The van der Waals surface area contributed by atoms with Gasteiger partial charge in [0, 0.05) is 38.3 Å². The Hall–Kier alpha value is -1.51. The second kappa shape index (κ2) is 5.71. The number of piperazine rings is 1. The van der Waals surface area contributed by atoms with Crippen molar-refractivity contribution in [3.63, 3.8) is 0 Å². The van der Waals surface area contributed by atoms with Crippen molar-refractivity contribution >= 4 is 11.6 Å². The highest BCUT2D eigenvalue weighted by molar-refractivity contribution is 5.76. The van der Waals surface area contributed by atoms with Crippen LogP contribution in [-0.4, -0.2) is 37.0 Å². The summed E-state index contributed by atoms with van der Waals surface area (Å²) in [5.74, 6) is 0.306. The third-order valence-corrected chi connectivity index (χ3v) is 3.22. The summed E-state index contributed by atoms with van der Waals surface area (Å²) < 4.78 is 0. The second-order valence-electron chi connectivity index (χ2n) is 4.45. The molecule has 0 spiro atoms. The molecular weight excluding hydrogens is 212 g/mol. The molecule has 3 heteroatoms. The third kappa shape index (κ3) is 2.99. The molecule has 0 bridgehead atoms. The first-order chi connectivity index (χ1) is 8.31. The summed E-state index contributed by atoms with van der Waals surface area (Å²) in [6.07, 6.45) is 1.63. The van der Waals surface area contributed by atoms with Crippen LogP contribution in [0.25, 0.3) is 0 Å². The smallest absolute Gasteiger partial charge is 0.222 e. The number of benzene rings is 1. The van der Waals surface area contributed by atoms with Crippen LogP contribution in [0, 0.1) is 0 Å². The molecule has 17 heavy (non-hydrogen) atoms. The number of para-hydroxylation sites is 1. The van der Waals surface area contributed by atoms with Crippen LogP contribution < -0.4 is 4.90 Å². The fraction of sp³-hybridized carbons (Fsp3) is 0.500. The standard InChI is InChI=1S/C14H20N2O/c1-2-6-14(17)16-11-9-15(10-12-16)13-7-4-3-5-8-13/h3-5,7-8H,2,6,9-12H2,1H3. The zero-order valence-electron chi connectivity index (χ0n) is 10.4. The van der Waals surface area contributed by atoms with Crippen LogP contribution in [-0.2, 0) is 4.79 Å². The number of rotatable bonds is 3. The van der Waals surface area contributed by atoms with Crippen LogP contribution in [0.1, 0.15) is 19.8 Å². The maximum absolute atomic E-state index is 11.7. The average molecular weight is 232 g/mol. The molecule has 0 saturated carbocycles. The molecule has 1 amide bonds. The summed E-state index contributed by atoms with van der Waals surface area (Å²) in [4.78, 5) is 16.1. The molecule has 3 nitrogen and oxygen atoms in total. The van der Waals surface area contributed by atoms with E-state index in [0.29, 0.717) is 12.3 Å². The van der Waals surface area contributed by atoms with Crippen molar-refractivity contribution in [2.24, 2.45) is 0 Å². The van der Waals surface area contributed by atoms with E-state index < -0.39 is 0 Å². The van der Waals surface area contributed by atoms with Crippen LogP contribution in [0.5, 0.6) is 0 Å². The van der Waals surface area contributed by atoms with E-state index in [1.807, 2.05) is 11.0 Å². The first-order valence-electron chi connectivity index (χ1n) is 6.39. The maximum Gasteiger partial charge on any atom is 0.222 e. The lowest BCUT2D eigenvalue weighted by atomic mass is 10.2. The number of nitrogens with zero attached hydrogens (tertiary/aromatic N) is 2. The predicted octanol–water partition coefficient (Wildman–Crippen LogP) is 2.14. The Bertz CT molecular complexity index is 356. The van der Waals surface area contributed by atoms with Crippen molar-refractivity contribution < 1.29 is 4.79 Å². The van der Waals surface area contributed by atoms with Gasteiger partial charge < -0.3 is 9.80 Å². The molecule has 0 atom stereocenters. The first-order valence-corrected chi connectivity index (χ1v) is 6.39. The minimum absolute atomic E-state index is 0.306. The highest BCUT2D eigenvalue weighted by Crippen LogP contribution is 2.15. The summed E-state index contributed by atoms with van der Waals surface area (Å²) in [6, 6.07) is 10.4. The molecule has 1 saturated heterocycles. The number of carbonyl (C=O) groups excluding carboxylic acids is 1. The van der Waals surface area contributed by atoms with Crippen LogP contribution >= 0.6 is 0 Å². The summed E-state index contributed by atoms with van der Waals surface area (Å²) in [6.45, 7) is 5.65. The quantitative estimate of drug-likeness (QED) is 0.797. The molecule has 0 unspecified atom stereocenters. The number of anilines is 1. The highest BCUT2D eigenvalue weighted by atomic mass is 16.2. The minimum Gasteiger partial charge on any atom is -0.368 e. The van der Waals surface area contributed by atoms with Crippen molar-refractivity contribution in [3.05, 3.63) is 30.3 Å². The molecule has 1 aromatic rings. The van der Waals surface area contributed by atoms with Crippen molar-refractivity contribution in [2.75, 3.05) is 31.1 Å². The number of hydrogen-bond acceptors (Lipinski definition) is 2. The van der Waals surface area contributed by atoms with Crippen molar-refractivity contribution in [1.29, 1.82) is 0 Å². The number of hydrogen-bond donors (Lipinski definition) is 0. The Morgan fingerprint density at radius 2 is 1.76 bits per heavy atom. The van der Waals surface area contributed by atoms with Crippen molar-refractivity contribution in [2.45, 2.75) is 19.8 Å². The van der Waals surface area contributed by atoms with E-state index in [1.54, 1.807) is 0 Å². The Morgan fingerprint density at radius 1 is 1.12 bits per heavy atom. The largest absolute Gasteiger partial charge is 0.368 e. The van der Waals surface area contributed by atoms with E-state index in [4.69, 9.17) is 0 Å². The molecule has 0 aromatic heterocycles. The van der Waals surface area contributed by atoms with Crippen LogP contribution in [0.2, 0.25) is 0 Å². The fourth-order valence-electron chi connectivity index (χ4n) is 2.22. The van der Waals surface area contributed by atoms with E-state index in [1.165, 1.54) is 5.69 Å². The molecule has 0 aliphatic carbocycles. The zero-order chi connectivity index (χ0) is 12.1. The van der Waals surface area contributed by atoms with E-state index in [0.717, 1.165) is 32.6 Å². The van der Waals surface area contributed by atoms with Crippen molar-refractivity contribution in [3.8, 4) is 0 Å². The molecule has 0 N–H and O–H groups in total. The van der Waals surface area contributed by atoms with E-state index in [2.05, 4.69) is 36.1 Å². The van der Waals surface area contributed by atoms with Crippen LogP contribution in [0.4, 0.5) is 5.69 Å². The lowest BCUT2D eigenvalue weighted by molar-refractivity contribution is -0.131. The normalized spacial score (nSPS) is 16.1. The van der Waals surface area contributed by atoms with Gasteiger partial charge in [0.2, 0.25) is 5.91 Å². The first kappa shape index (κ1) is 12.0. The molecular formula is C14H20N2O. The fourth-order valence-corrected chi connectivity index (χ4v) is 2.22. The van der Waals surface area contributed by atoms with Gasteiger partial charge in [0.1, 0.15) is 0 Å². The van der Waals surface area contributed by atoms with Gasteiger partial charge in [-0.25, -0.2) is 0 Å². The van der Waals surface area contributed by atoms with Crippen LogP contribution in [0.3, 0.4) is 0 Å². The monoisotopic (exact) mass is 232 g/mol. The Morgan fingerprint density at radius 3 is 2.35 bits per heavy atom. The van der Waals surface area contributed by atoms with Crippen LogP contribution in [0.15, 0.2) is 30.3 Å². The molecule has 1 heterocycles. The SMILES string of the molecule is CCCC(=O)N1CCN(c2ccccc2)CC1. The summed E-state index contributed by atoms with van der Waals surface area (Å²) in [5.41, 5.74) is 1.26. The summed E-state index contributed by atoms with van der Waals surface area (Å²) >= 11 is 0. The molecule has 1 fully saturated rings. The highest BCUT2D eigenvalue weighted by Gasteiger charge is 2.20. The zero-order valence-corrected chi connectivity index (χ0v) is 10.4. The molecule has 1 aliphatic rings. The number of amides is 1. The molecule has 92 valence electrons. The minimum atomic E-state index is 0.306. The van der Waals surface area contributed by atoms with E-state index in [9.17, 15) is 4.79 Å². The molecule has 1 aromatic carbocycles. The van der Waals surface area contributed by atoms with Gasteiger partial charge in [-0.3, -0.25) is 4.79 Å². The molecule has 2 rings (SSSR count). The van der Waals surface area contributed by atoms with E-state index >= 15 is 0 Å². The number of carbonyl (C=O) groups is 1. The van der Waals surface area contributed by atoms with Gasteiger partial charge in [-0.1, -0.05) is 25.1 Å². The molecule has 1 aliphatic heterocycles. The maximum atomic E-state index is 11.7. The van der Waals surface area contributed by atoms with Gasteiger partial charge >= 0.3 is 0 Å². The average Bonchev–Trinajstić information content (AvgIpc) is 2.40. The van der Waals surface area contributed by atoms with Gasteiger partial charge in [0.25, 0.3) is 0 Å². The van der Waals surface area contributed by atoms with Gasteiger partial charge in [0.15, 0.2) is 0 Å². The van der Waals surface area contributed by atoms with Gasteiger partial charge in [-0.15, -0.1) is 0 Å².